The van der Waals surface area contributed by atoms with E-state index in [1.165, 1.54) is 16.2 Å². The zero-order valence-corrected chi connectivity index (χ0v) is 11.7. The highest BCUT2D eigenvalue weighted by Gasteiger charge is 2.49. The van der Waals surface area contributed by atoms with E-state index in [1.807, 2.05) is 24.3 Å². The monoisotopic (exact) mass is 286 g/mol. The molecule has 2 atom stereocenters. The fourth-order valence-corrected chi connectivity index (χ4v) is 4.28. The fourth-order valence-electron chi connectivity index (χ4n) is 3.31. The van der Waals surface area contributed by atoms with Crippen molar-refractivity contribution in [3.05, 3.63) is 24.3 Å². The molecule has 1 aliphatic heterocycles. The number of thiazole rings is 1. The van der Waals surface area contributed by atoms with Gasteiger partial charge < -0.3 is 0 Å². The smallest absolute Gasteiger partial charge is 0.239 e. The second kappa shape index (κ2) is 4.38. The Balaban J connectivity index is 1.77. The van der Waals surface area contributed by atoms with Crippen LogP contribution in [0, 0.1) is 11.8 Å². The van der Waals surface area contributed by atoms with Crippen LogP contribution in [0.25, 0.3) is 10.2 Å². The molecule has 4 rings (SSSR count). The number of aromatic nitrogens is 1. The van der Waals surface area contributed by atoms with E-state index in [4.69, 9.17) is 0 Å². The van der Waals surface area contributed by atoms with Crippen molar-refractivity contribution in [2.45, 2.75) is 25.7 Å². The zero-order chi connectivity index (χ0) is 13.7. The third-order valence-electron chi connectivity index (χ3n) is 4.32. The molecular formula is C15H14N2O2S. The van der Waals surface area contributed by atoms with Crippen LogP contribution in [0.1, 0.15) is 25.7 Å². The van der Waals surface area contributed by atoms with Gasteiger partial charge in [0.15, 0.2) is 5.13 Å². The number of para-hydroxylation sites is 1. The lowest BCUT2D eigenvalue weighted by Gasteiger charge is -2.19. The predicted octanol–water partition coefficient (Wildman–Crippen LogP) is 2.98. The molecule has 2 fully saturated rings. The lowest BCUT2D eigenvalue weighted by molar-refractivity contribution is -0.122. The Bertz CT molecular complexity index is 652. The average molecular weight is 286 g/mol. The van der Waals surface area contributed by atoms with E-state index in [2.05, 4.69) is 4.98 Å². The molecule has 1 aliphatic carbocycles. The topological polar surface area (TPSA) is 50.3 Å². The Hall–Kier alpha value is -1.75. The summed E-state index contributed by atoms with van der Waals surface area (Å²) in [6.45, 7) is 0. The highest BCUT2D eigenvalue weighted by molar-refractivity contribution is 7.22. The molecule has 1 aromatic carbocycles. The summed E-state index contributed by atoms with van der Waals surface area (Å²) in [4.78, 5) is 30.8. The number of anilines is 1. The summed E-state index contributed by atoms with van der Waals surface area (Å²) < 4.78 is 1.01. The number of amides is 2. The van der Waals surface area contributed by atoms with Crippen molar-refractivity contribution in [1.82, 2.24) is 4.98 Å². The van der Waals surface area contributed by atoms with Gasteiger partial charge >= 0.3 is 0 Å². The minimum absolute atomic E-state index is 0.0428. The molecule has 2 aromatic rings. The minimum atomic E-state index is -0.108. The van der Waals surface area contributed by atoms with Gasteiger partial charge in [0.1, 0.15) is 0 Å². The van der Waals surface area contributed by atoms with Crippen LogP contribution in [0.2, 0.25) is 0 Å². The Kier molecular flexibility index (Phi) is 2.63. The van der Waals surface area contributed by atoms with Crippen LogP contribution in [0.3, 0.4) is 0 Å². The normalized spacial score (nSPS) is 26.3. The molecule has 5 heteroatoms. The van der Waals surface area contributed by atoms with E-state index in [0.29, 0.717) is 5.13 Å². The van der Waals surface area contributed by atoms with Gasteiger partial charge in [0.25, 0.3) is 0 Å². The van der Waals surface area contributed by atoms with Crippen LogP contribution in [-0.2, 0) is 9.59 Å². The van der Waals surface area contributed by atoms with E-state index in [9.17, 15) is 9.59 Å². The number of hydrogen-bond acceptors (Lipinski definition) is 4. The minimum Gasteiger partial charge on any atom is -0.274 e. The predicted molar refractivity (Wildman–Crippen MR) is 77.6 cm³/mol. The van der Waals surface area contributed by atoms with Crippen molar-refractivity contribution >= 4 is 38.5 Å². The highest BCUT2D eigenvalue weighted by atomic mass is 32.1. The van der Waals surface area contributed by atoms with E-state index in [-0.39, 0.29) is 23.7 Å². The molecule has 0 spiro atoms. The first-order valence-electron chi connectivity index (χ1n) is 6.99. The van der Waals surface area contributed by atoms with Crippen molar-refractivity contribution in [2.75, 3.05) is 4.90 Å². The van der Waals surface area contributed by atoms with Gasteiger partial charge in [-0.15, -0.1) is 0 Å². The van der Waals surface area contributed by atoms with Crippen LogP contribution < -0.4 is 4.90 Å². The van der Waals surface area contributed by atoms with Crippen molar-refractivity contribution in [3.63, 3.8) is 0 Å². The molecule has 0 N–H and O–H groups in total. The number of rotatable bonds is 1. The summed E-state index contributed by atoms with van der Waals surface area (Å²) in [5.74, 6) is -0.302. The maximum atomic E-state index is 12.5. The summed E-state index contributed by atoms with van der Waals surface area (Å²) in [6, 6.07) is 7.74. The summed E-state index contributed by atoms with van der Waals surface area (Å²) in [6.07, 6.45) is 3.79. The number of carbonyl (C=O) groups is 2. The molecule has 2 amide bonds. The van der Waals surface area contributed by atoms with Crippen LogP contribution in [0.4, 0.5) is 5.13 Å². The van der Waals surface area contributed by atoms with Gasteiger partial charge in [-0.05, 0) is 25.0 Å². The summed E-state index contributed by atoms with van der Waals surface area (Å²) >= 11 is 1.42. The molecule has 0 bridgehead atoms. The molecule has 2 heterocycles. The van der Waals surface area contributed by atoms with Gasteiger partial charge in [-0.3, -0.25) is 9.59 Å². The highest BCUT2D eigenvalue weighted by Crippen LogP contribution is 2.41. The Labute approximate surface area is 120 Å². The van der Waals surface area contributed by atoms with Gasteiger partial charge in [0.05, 0.1) is 22.1 Å². The molecule has 4 nitrogen and oxygen atoms in total. The molecule has 20 heavy (non-hydrogen) atoms. The Morgan fingerprint density at radius 3 is 2.35 bits per heavy atom. The summed E-state index contributed by atoms with van der Waals surface area (Å²) in [5, 5.41) is 0.538. The van der Waals surface area contributed by atoms with Crippen molar-refractivity contribution in [2.24, 2.45) is 11.8 Å². The zero-order valence-electron chi connectivity index (χ0n) is 10.9. The number of nitrogens with zero attached hydrogens (tertiary/aromatic N) is 2. The van der Waals surface area contributed by atoms with E-state index in [0.717, 1.165) is 35.9 Å². The van der Waals surface area contributed by atoms with Crippen molar-refractivity contribution < 1.29 is 9.59 Å². The van der Waals surface area contributed by atoms with Crippen molar-refractivity contribution in [1.29, 1.82) is 0 Å². The van der Waals surface area contributed by atoms with Crippen LogP contribution in [-0.4, -0.2) is 16.8 Å². The summed E-state index contributed by atoms with van der Waals surface area (Å²) in [5.41, 5.74) is 0.850. The maximum absolute atomic E-state index is 12.5. The Morgan fingerprint density at radius 2 is 1.70 bits per heavy atom. The number of carbonyl (C=O) groups excluding carboxylic acids is 2. The van der Waals surface area contributed by atoms with Crippen LogP contribution >= 0.6 is 11.3 Å². The molecule has 1 aromatic heterocycles. The van der Waals surface area contributed by atoms with Gasteiger partial charge in [-0.1, -0.05) is 36.3 Å². The second-order valence-corrected chi connectivity index (χ2v) is 6.48. The third-order valence-corrected chi connectivity index (χ3v) is 5.34. The SMILES string of the molecule is O=C1C2CCCCC2C(=O)N1c1nc2ccccc2s1. The van der Waals surface area contributed by atoms with Crippen LogP contribution in [0.15, 0.2) is 24.3 Å². The average Bonchev–Trinajstić information content (AvgIpc) is 3.00. The molecule has 2 aliphatic rings. The van der Waals surface area contributed by atoms with Crippen LogP contribution in [0.5, 0.6) is 0 Å². The molecule has 102 valence electrons. The van der Waals surface area contributed by atoms with E-state index < -0.39 is 0 Å². The first-order valence-corrected chi connectivity index (χ1v) is 7.81. The Morgan fingerprint density at radius 1 is 1.05 bits per heavy atom. The summed E-state index contributed by atoms with van der Waals surface area (Å²) in [7, 11) is 0. The third kappa shape index (κ3) is 1.62. The maximum Gasteiger partial charge on any atom is 0.239 e. The number of hydrogen-bond donors (Lipinski definition) is 0. The quantitative estimate of drug-likeness (QED) is 0.757. The van der Waals surface area contributed by atoms with Crippen molar-refractivity contribution in [3.8, 4) is 0 Å². The van der Waals surface area contributed by atoms with Gasteiger partial charge in [0.2, 0.25) is 11.8 Å². The first kappa shape index (κ1) is 12.0. The molecular weight excluding hydrogens is 272 g/mol. The number of fused-ring (bicyclic) bond motifs is 2. The lowest BCUT2D eigenvalue weighted by atomic mass is 9.81. The molecule has 2 unspecified atom stereocenters. The van der Waals surface area contributed by atoms with E-state index in [1.54, 1.807) is 0 Å². The van der Waals surface area contributed by atoms with E-state index >= 15 is 0 Å². The molecule has 1 saturated heterocycles. The molecule has 0 radical (unpaired) electrons. The molecule has 1 saturated carbocycles. The fraction of sp³-hybridized carbons (Fsp3) is 0.400. The van der Waals surface area contributed by atoms with Gasteiger partial charge in [-0.25, -0.2) is 9.88 Å². The lowest BCUT2D eigenvalue weighted by Crippen LogP contribution is -2.30. The first-order chi connectivity index (χ1) is 9.75. The van der Waals surface area contributed by atoms with Gasteiger partial charge in [-0.2, -0.15) is 0 Å². The standard InChI is InChI=1S/C15H14N2O2S/c18-13-9-5-1-2-6-10(9)14(19)17(13)15-16-11-7-3-4-8-12(11)20-15/h3-4,7-10H,1-2,5-6H2. The number of imide groups is 1. The second-order valence-electron chi connectivity index (χ2n) is 5.47. The van der Waals surface area contributed by atoms with Gasteiger partial charge in [0, 0.05) is 0 Å². The number of benzene rings is 1. The largest absolute Gasteiger partial charge is 0.274 e.